The normalized spacial score (nSPS) is 26.6. The quantitative estimate of drug-likeness (QED) is 0.475. The van der Waals surface area contributed by atoms with Gasteiger partial charge in [-0.3, -0.25) is 0 Å². The van der Waals surface area contributed by atoms with Crippen LogP contribution in [-0.4, -0.2) is 11.5 Å². The molecule has 0 aromatic carbocycles. The van der Waals surface area contributed by atoms with Gasteiger partial charge in [0.15, 0.2) is 0 Å². The lowest BCUT2D eigenvalue weighted by Crippen LogP contribution is -2.11. The van der Waals surface area contributed by atoms with Gasteiger partial charge < -0.3 is 4.74 Å². The Bertz CT molecular complexity index is 194. The molecule has 1 rings (SSSR count). The van der Waals surface area contributed by atoms with Crippen LogP contribution in [0.15, 0.2) is 24.0 Å². The Kier molecular flexibility index (Phi) is 3.67. The Morgan fingerprint density at radius 2 is 2.50 bits per heavy atom. The predicted molar refractivity (Wildman–Crippen MR) is 52.3 cm³/mol. The standard InChI is InChI=1S/C10H15ClO/c1-8(9(2)11)7-10-5-3-4-6-12-10/h4,6-7,9-10H,3,5H2,1-2H3/b8-7+. The lowest BCUT2D eigenvalue weighted by molar-refractivity contribution is 0.164. The van der Waals surface area contributed by atoms with E-state index < -0.39 is 0 Å². The van der Waals surface area contributed by atoms with E-state index in [4.69, 9.17) is 16.3 Å². The first-order valence-corrected chi connectivity index (χ1v) is 4.76. The number of alkyl halides is 1. The van der Waals surface area contributed by atoms with Gasteiger partial charge in [0, 0.05) is 0 Å². The third kappa shape index (κ3) is 2.90. The minimum absolute atomic E-state index is 0.111. The Morgan fingerprint density at radius 1 is 1.75 bits per heavy atom. The molecule has 0 fully saturated rings. The second kappa shape index (κ2) is 4.56. The Morgan fingerprint density at radius 3 is 3.00 bits per heavy atom. The van der Waals surface area contributed by atoms with E-state index in [2.05, 4.69) is 6.08 Å². The van der Waals surface area contributed by atoms with Gasteiger partial charge in [-0.2, -0.15) is 0 Å². The van der Waals surface area contributed by atoms with E-state index in [1.807, 2.05) is 19.9 Å². The molecule has 0 radical (unpaired) electrons. The van der Waals surface area contributed by atoms with Crippen LogP contribution >= 0.6 is 11.6 Å². The van der Waals surface area contributed by atoms with Gasteiger partial charge in [0.05, 0.1) is 11.6 Å². The molecule has 0 aliphatic carbocycles. The molecule has 2 unspecified atom stereocenters. The SMILES string of the molecule is C/C(=C\C1CCC=CO1)C(C)Cl. The van der Waals surface area contributed by atoms with E-state index in [9.17, 15) is 0 Å². The Hall–Kier alpha value is -0.430. The molecule has 0 saturated heterocycles. The second-order valence-electron chi connectivity index (χ2n) is 3.15. The molecule has 1 aliphatic rings. The molecule has 1 aliphatic heterocycles. The summed E-state index contributed by atoms with van der Waals surface area (Å²) >= 11 is 5.91. The molecule has 1 heterocycles. The zero-order chi connectivity index (χ0) is 8.97. The molecule has 0 bridgehead atoms. The summed E-state index contributed by atoms with van der Waals surface area (Å²) in [7, 11) is 0. The molecule has 68 valence electrons. The molecule has 12 heavy (non-hydrogen) atoms. The zero-order valence-corrected chi connectivity index (χ0v) is 8.34. The average Bonchev–Trinajstić information content (AvgIpc) is 2.06. The van der Waals surface area contributed by atoms with Crippen LogP contribution in [0, 0.1) is 0 Å². The van der Waals surface area contributed by atoms with Gasteiger partial charge >= 0.3 is 0 Å². The van der Waals surface area contributed by atoms with Gasteiger partial charge in [-0.05, 0) is 38.8 Å². The lowest BCUT2D eigenvalue weighted by atomic mass is 10.1. The average molecular weight is 187 g/mol. The van der Waals surface area contributed by atoms with E-state index in [1.165, 1.54) is 5.57 Å². The van der Waals surface area contributed by atoms with Crippen molar-refractivity contribution in [2.45, 2.75) is 38.2 Å². The van der Waals surface area contributed by atoms with Crippen molar-refractivity contribution in [3.8, 4) is 0 Å². The van der Waals surface area contributed by atoms with E-state index in [0.717, 1.165) is 12.8 Å². The maximum absolute atomic E-state index is 5.91. The highest BCUT2D eigenvalue weighted by Gasteiger charge is 2.09. The van der Waals surface area contributed by atoms with Crippen molar-refractivity contribution in [2.24, 2.45) is 0 Å². The molecule has 2 heteroatoms. The van der Waals surface area contributed by atoms with Crippen molar-refractivity contribution in [2.75, 3.05) is 0 Å². The molecule has 0 N–H and O–H groups in total. The number of ether oxygens (including phenoxy) is 1. The lowest BCUT2D eigenvalue weighted by Gasteiger charge is -2.17. The van der Waals surface area contributed by atoms with Crippen molar-refractivity contribution in [3.05, 3.63) is 24.0 Å². The van der Waals surface area contributed by atoms with Gasteiger partial charge in [0.2, 0.25) is 0 Å². The summed E-state index contributed by atoms with van der Waals surface area (Å²) in [6, 6.07) is 0. The van der Waals surface area contributed by atoms with Crippen LogP contribution < -0.4 is 0 Å². The molecular weight excluding hydrogens is 172 g/mol. The summed E-state index contributed by atoms with van der Waals surface area (Å²) < 4.78 is 5.38. The maximum Gasteiger partial charge on any atom is 0.117 e. The van der Waals surface area contributed by atoms with E-state index in [1.54, 1.807) is 6.26 Å². The molecule has 1 nitrogen and oxygen atoms in total. The molecule has 0 spiro atoms. The number of hydrogen-bond acceptors (Lipinski definition) is 1. The third-order valence-corrected chi connectivity index (χ3v) is 2.39. The van der Waals surface area contributed by atoms with Crippen molar-refractivity contribution in [1.29, 1.82) is 0 Å². The smallest absolute Gasteiger partial charge is 0.117 e. The van der Waals surface area contributed by atoms with Crippen LogP contribution in [-0.2, 0) is 4.74 Å². The first kappa shape index (κ1) is 9.66. The fourth-order valence-corrected chi connectivity index (χ4v) is 1.17. The summed E-state index contributed by atoms with van der Waals surface area (Å²) in [5.41, 5.74) is 1.19. The second-order valence-corrected chi connectivity index (χ2v) is 3.81. The zero-order valence-electron chi connectivity index (χ0n) is 7.59. The van der Waals surface area contributed by atoms with E-state index >= 15 is 0 Å². The number of allylic oxidation sites excluding steroid dienone is 2. The van der Waals surface area contributed by atoms with Crippen LogP contribution in [0.5, 0.6) is 0 Å². The highest BCUT2D eigenvalue weighted by molar-refractivity contribution is 6.22. The highest BCUT2D eigenvalue weighted by atomic mass is 35.5. The van der Waals surface area contributed by atoms with Crippen LogP contribution in [0.25, 0.3) is 0 Å². The summed E-state index contributed by atoms with van der Waals surface area (Å²) in [5, 5.41) is 0.111. The number of halogens is 1. The molecule has 0 saturated carbocycles. The summed E-state index contributed by atoms with van der Waals surface area (Å²) in [6.45, 7) is 4.02. The van der Waals surface area contributed by atoms with E-state index in [-0.39, 0.29) is 11.5 Å². The van der Waals surface area contributed by atoms with E-state index in [0.29, 0.717) is 0 Å². The van der Waals surface area contributed by atoms with Crippen molar-refractivity contribution >= 4 is 11.6 Å². The molecule has 0 aromatic heterocycles. The van der Waals surface area contributed by atoms with Gasteiger partial charge in [-0.15, -0.1) is 11.6 Å². The summed E-state index contributed by atoms with van der Waals surface area (Å²) in [5.74, 6) is 0. The molecule has 0 aromatic rings. The summed E-state index contributed by atoms with van der Waals surface area (Å²) in [4.78, 5) is 0. The number of hydrogen-bond donors (Lipinski definition) is 0. The third-order valence-electron chi connectivity index (χ3n) is 2.04. The Balaban J connectivity index is 2.48. The van der Waals surface area contributed by atoms with Crippen molar-refractivity contribution < 1.29 is 4.74 Å². The Labute approximate surface area is 79.1 Å². The first-order valence-electron chi connectivity index (χ1n) is 4.33. The fraction of sp³-hybridized carbons (Fsp3) is 0.600. The molecule has 2 atom stereocenters. The largest absolute Gasteiger partial charge is 0.494 e. The minimum atomic E-state index is 0.111. The van der Waals surface area contributed by atoms with Crippen molar-refractivity contribution in [1.82, 2.24) is 0 Å². The van der Waals surface area contributed by atoms with Crippen LogP contribution in [0.2, 0.25) is 0 Å². The van der Waals surface area contributed by atoms with Crippen molar-refractivity contribution in [3.63, 3.8) is 0 Å². The highest BCUT2D eigenvalue weighted by Crippen LogP contribution is 2.16. The minimum Gasteiger partial charge on any atom is -0.494 e. The molecule has 0 amide bonds. The topological polar surface area (TPSA) is 9.23 Å². The van der Waals surface area contributed by atoms with Gasteiger partial charge in [-0.25, -0.2) is 0 Å². The van der Waals surface area contributed by atoms with Crippen LogP contribution in [0.4, 0.5) is 0 Å². The summed E-state index contributed by atoms with van der Waals surface area (Å²) in [6.07, 6.45) is 8.33. The fourth-order valence-electron chi connectivity index (χ4n) is 1.10. The monoisotopic (exact) mass is 186 g/mol. The van der Waals surface area contributed by atoms with Gasteiger partial charge in [0.1, 0.15) is 6.10 Å². The first-order chi connectivity index (χ1) is 5.70. The van der Waals surface area contributed by atoms with Crippen LogP contribution in [0.3, 0.4) is 0 Å². The number of rotatable bonds is 2. The van der Waals surface area contributed by atoms with Crippen LogP contribution in [0.1, 0.15) is 26.7 Å². The maximum atomic E-state index is 5.91. The van der Waals surface area contributed by atoms with Gasteiger partial charge in [-0.1, -0.05) is 5.57 Å². The molecular formula is C10H15ClO. The predicted octanol–water partition coefficient (Wildman–Crippen LogP) is 3.25. The van der Waals surface area contributed by atoms with Gasteiger partial charge in [0.25, 0.3) is 0 Å².